The van der Waals surface area contributed by atoms with Crippen LogP contribution in [0, 0.1) is 0 Å². The zero-order chi connectivity index (χ0) is 12.6. The first-order valence-electron chi connectivity index (χ1n) is 7.03. The van der Waals surface area contributed by atoms with Crippen molar-refractivity contribution in [1.82, 2.24) is 15.5 Å². The Morgan fingerprint density at radius 2 is 2.22 bits per heavy atom. The monoisotopic (exact) mass is 269 g/mol. The van der Waals surface area contributed by atoms with Crippen LogP contribution in [0.5, 0.6) is 0 Å². The van der Waals surface area contributed by atoms with Gasteiger partial charge < -0.3 is 9.84 Å². The molecule has 4 nitrogen and oxygen atoms in total. The summed E-state index contributed by atoms with van der Waals surface area (Å²) in [6.07, 6.45) is 7.47. The van der Waals surface area contributed by atoms with Crippen molar-refractivity contribution in [1.29, 1.82) is 0 Å². The molecule has 1 aromatic rings. The van der Waals surface area contributed by atoms with Gasteiger partial charge in [-0.1, -0.05) is 31.3 Å². The average molecular weight is 269 g/mol. The van der Waals surface area contributed by atoms with Gasteiger partial charge in [0.1, 0.15) is 0 Å². The summed E-state index contributed by atoms with van der Waals surface area (Å²) in [4.78, 5) is 4.52. The molecule has 1 aliphatic heterocycles. The Kier molecular flexibility index (Phi) is 6.00. The molecule has 1 N–H and O–H groups in total. The lowest BCUT2D eigenvalue weighted by molar-refractivity contribution is 0.306. The average Bonchev–Trinajstić information content (AvgIpc) is 2.78. The van der Waals surface area contributed by atoms with Crippen LogP contribution in [0.15, 0.2) is 4.52 Å². The second-order valence-electron chi connectivity index (χ2n) is 4.81. The molecule has 0 bridgehead atoms. The Morgan fingerprint density at radius 1 is 1.33 bits per heavy atom. The highest BCUT2D eigenvalue weighted by molar-refractivity contribution is 7.98. The number of hydrogen-bond donors (Lipinski definition) is 1. The van der Waals surface area contributed by atoms with Gasteiger partial charge in [-0.05, 0) is 31.6 Å². The second kappa shape index (κ2) is 7.79. The van der Waals surface area contributed by atoms with Gasteiger partial charge in [-0.2, -0.15) is 16.7 Å². The molecule has 0 spiro atoms. The lowest BCUT2D eigenvalue weighted by Gasteiger charge is -2.17. The van der Waals surface area contributed by atoms with Crippen LogP contribution in [0.2, 0.25) is 0 Å². The summed E-state index contributed by atoms with van der Waals surface area (Å²) in [5, 5.41) is 7.59. The molecule has 1 unspecified atom stereocenters. The molecule has 2 rings (SSSR count). The standard InChI is InChI=1S/C13H23N3OS/c1-2-9-18-10-12-15-13(17-16-12)11-7-5-3-4-6-8-14-11/h11,14H,2-10H2,1H3. The highest BCUT2D eigenvalue weighted by Crippen LogP contribution is 2.21. The zero-order valence-corrected chi connectivity index (χ0v) is 12.0. The molecule has 1 fully saturated rings. The minimum absolute atomic E-state index is 0.266. The van der Waals surface area contributed by atoms with E-state index in [0.29, 0.717) is 0 Å². The van der Waals surface area contributed by atoms with Gasteiger partial charge >= 0.3 is 0 Å². The Morgan fingerprint density at radius 3 is 3.11 bits per heavy atom. The number of nitrogens with one attached hydrogen (secondary N) is 1. The fourth-order valence-corrected chi connectivity index (χ4v) is 2.92. The molecule has 1 saturated heterocycles. The third-order valence-electron chi connectivity index (χ3n) is 3.17. The van der Waals surface area contributed by atoms with E-state index in [1.54, 1.807) is 0 Å². The van der Waals surface area contributed by atoms with Crippen LogP contribution < -0.4 is 5.32 Å². The molecular weight excluding hydrogens is 246 g/mol. The molecule has 18 heavy (non-hydrogen) atoms. The van der Waals surface area contributed by atoms with Gasteiger partial charge in [-0.25, -0.2) is 0 Å². The fraction of sp³-hybridized carbons (Fsp3) is 0.846. The summed E-state index contributed by atoms with van der Waals surface area (Å²) in [5.74, 6) is 3.65. The highest BCUT2D eigenvalue weighted by atomic mass is 32.2. The predicted octanol–water partition coefficient (Wildman–Crippen LogP) is 3.31. The third kappa shape index (κ3) is 4.28. The molecule has 2 heterocycles. The number of aromatic nitrogens is 2. The molecule has 1 aromatic heterocycles. The van der Waals surface area contributed by atoms with Gasteiger partial charge in [-0.15, -0.1) is 0 Å². The number of rotatable bonds is 5. The van der Waals surface area contributed by atoms with Crippen molar-refractivity contribution in [2.75, 3.05) is 12.3 Å². The van der Waals surface area contributed by atoms with Crippen LogP contribution in [0.1, 0.15) is 63.2 Å². The van der Waals surface area contributed by atoms with Crippen molar-refractivity contribution in [2.24, 2.45) is 0 Å². The minimum atomic E-state index is 0.266. The van der Waals surface area contributed by atoms with Gasteiger partial charge in [0.25, 0.3) is 0 Å². The topological polar surface area (TPSA) is 51.0 Å². The van der Waals surface area contributed by atoms with Crippen LogP contribution in [0.3, 0.4) is 0 Å². The molecule has 0 aromatic carbocycles. The van der Waals surface area contributed by atoms with Crippen molar-refractivity contribution >= 4 is 11.8 Å². The minimum Gasteiger partial charge on any atom is -0.338 e. The quantitative estimate of drug-likeness (QED) is 0.831. The maximum Gasteiger partial charge on any atom is 0.243 e. The normalized spacial score (nSPS) is 21.5. The van der Waals surface area contributed by atoms with E-state index in [1.165, 1.54) is 32.1 Å². The van der Waals surface area contributed by atoms with E-state index in [-0.39, 0.29) is 6.04 Å². The van der Waals surface area contributed by atoms with E-state index in [4.69, 9.17) is 4.52 Å². The second-order valence-corrected chi connectivity index (χ2v) is 5.92. The summed E-state index contributed by atoms with van der Waals surface area (Å²) < 4.78 is 5.39. The fourth-order valence-electron chi connectivity index (χ4n) is 2.19. The van der Waals surface area contributed by atoms with Gasteiger partial charge in [0.05, 0.1) is 11.8 Å². The van der Waals surface area contributed by atoms with E-state index in [1.807, 2.05) is 11.8 Å². The molecule has 0 amide bonds. The molecular formula is C13H23N3OS. The third-order valence-corrected chi connectivity index (χ3v) is 4.33. The van der Waals surface area contributed by atoms with Gasteiger partial charge in [-0.3, -0.25) is 0 Å². The van der Waals surface area contributed by atoms with Crippen molar-refractivity contribution in [3.8, 4) is 0 Å². The smallest absolute Gasteiger partial charge is 0.243 e. The van der Waals surface area contributed by atoms with E-state index in [2.05, 4.69) is 22.4 Å². The Labute approximate surface area is 113 Å². The molecule has 0 saturated carbocycles. The maximum absolute atomic E-state index is 5.39. The number of nitrogens with zero attached hydrogens (tertiary/aromatic N) is 2. The lowest BCUT2D eigenvalue weighted by atomic mass is 10.0. The molecule has 0 radical (unpaired) electrons. The van der Waals surface area contributed by atoms with Crippen LogP contribution in [-0.4, -0.2) is 22.4 Å². The van der Waals surface area contributed by atoms with Gasteiger partial charge in [0.15, 0.2) is 5.82 Å². The van der Waals surface area contributed by atoms with Gasteiger partial charge in [0.2, 0.25) is 5.89 Å². The van der Waals surface area contributed by atoms with Crippen LogP contribution in [0.4, 0.5) is 0 Å². The van der Waals surface area contributed by atoms with Gasteiger partial charge in [0, 0.05) is 0 Å². The van der Waals surface area contributed by atoms with Crippen molar-refractivity contribution in [3.63, 3.8) is 0 Å². The number of hydrogen-bond acceptors (Lipinski definition) is 5. The predicted molar refractivity (Wildman–Crippen MR) is 74.6 cm³/mol. The molecule has 102 valence electrons. The lowest BCUT2D eigenvalue weighted by Crippen LogP contribution is -2.24. The summed E-state index contributed by atoms with van der Waals surface area (Å²) >= 11 is 1.87. The van der Waals surface area contributed by atoms with E-state index in [9.17, 15) is 0 Å². The molecule has 5 heteroatoms. The Hall–Kier alpha value is -0.550. The van der Waals surface area contributed by atoms with E-state index < -0.39 is 0 Å². The van der Waals surface area contributed by atoms with Crippen LogP contribution in [-0.2, 0) is 5.75 Å². The van der Waals surface area contributed by atoms with Crippen LogP contribution in [0.25, 0.3) is 0 Å². The van der Waals surface area contributed by atoms with Crippen LogP contribution >= 0.6 is 11.8 Å². The first-order valence-corrected chi connectivity index (χ1v) is 8.19. The Bertz CT molecular complexity index is 335. The van der Waals surface area contributed by atoms with Crippen molar-refractivity contribution < 1.29 is 4.52 Å². The molecule has 0 aliphatic carbocycles. The zero-order valence-electron chi connectivity index (χ0n) is 11.2. The maximum atomic E-state index is 5.39. The molecule has 1 atom stereocenters. The van der Waals surface area contributed by atoms with Crippen molar-refractivity contribution in [2.45, 2.75) is 57.2 Å². The molecule has 1 aliphatic rings. The summed E-state index contributed by atoms with van der Waals surface area (Å²) in [7, 11) is 0. The summed E-state index contributed by atoms with van der Waals surface area (Å²) in [6, 6.07) is 0.266. The highest BCUT2D eigenvalue weighted by Gasteiger charge is 2.19. The largest absolute Gasteiger partial charge is 0.338 e. The first kappa shape index (κ1) is 13.9. The van der Waals surface area contributed by atoms with Crippen molar-refractivity contribution in [3.05, 3.63) is 11.7 Å². The Balaban J connectivity index is 1.86. The van der Waals surface area contributed by atoms with E-state index in [0.717, 1.165) is 36.2 Å². The van der Waals surface area contributed by atoms with E-state index >= 15 is 0 Å². The SMILES string of the molecule is CCCSCc1noc(C2CCCCCCN2)n1. The first-order chi connectivity index (χ1) is 8.90. The summed E-state index contributed by atoms with van der Waals surface area (Å²) in [6.45, 7) is 3.25. The summed E-state index contributed by atoms with van der Waals surface area (Å²) in [5.41, 5.74) is 0. The number of thioether (sulfide) groups is 1.